The number of allylic oxidation sites excluding steroid dienone is 2. The first-order valence-corrected chi connectivity index (χ1v) is 8.05. The molecule has 1 heterocycles. The fourth-order valence-corrected chi connectivity index (χ4v) is 13.9. The molecule has 0 saturated carbocycles. The van der Waals surface area contributed by atoms with Gasteiger partial charge >= 0.3 is 0 Å². The van der Waals surface area contributed by atoms with Gasteiger partial charge in [-0.15, -0.1) is 0 Å². The fraction of sp³-hybridized carbons (Fsp3) is 0.846. The lowest BCUT2D eigenvalue weighted by Crippen LogP contribution is -2.40. The van der Waals surface area contributed by atoms with Crippen LogP contribution >= 0.6 is 0 Å². The normalized spacial score (nSPS) is 34.4. The SMILES string of the molecule is CC(C)(C)[Si]1(C(C)(C)C)C2C=CCC21. The van der Waals surface area contributed by atoms with Crippen LogP contribution in [0.15, 0.2) is 12.2 Å². The summed E-state index contributed by atoms with van der Waals surface area (Å²) in [4.78, 5) is 0. The van der Waals surface area contributed by atoms with Crippen molar-refractivity contribution in [2.75, 3.05) is 0 Å². The lowest BCUT2D eigenvalue weighted by molar-refractivity contribution is 0.630. The Labute approximate surface area is 89.8 Å². The van der Waals surface area contributed by atoms with Crippen molar-refractivity contribution in [3.8, 4) is 0 Å². The summed E-state index contributed by atoms with van der Waals surface area (Å²) in [5, 5.41) is 1.15. The number of hydrogen-bond donors (Lipinski definition) is 0. The summed E-state index contributed by atoms with van der Waals surface area (Å²) in [6.45, 7) is 14.9. The first-order valence-electron chi connectivity index (χ1n) is 5.89. The van der Waals surface area contributed by atoms with Gasteiger partial charge < -0.3 is 0 Å². The molecule has 0 amide bonds. The molecule has 0 aromatic rings. The Kier molecular flexibility index (Phi) is 1.91. The summed E-state index contributed by atoms with van der Waals surface area (Å²) >= 11 is 0. The van der Waals surface area contributed by atoms with Crippen molar-refractivity contribution in [2.24, 2.45) is 0 Å². The molecule has 1 aliphatic carbocycles. The molecule has 1 heteroatoms. The van der Waals surface area contributed by atoms with Crippen LogP contribution in [-0.2, 0) is 0 Å². The van der Waals surface area contributed by atoms with E-state index in [1.54, 1.807) is 0 Å². The highest BCUT2D eigenvalue weighted by Gasteiger charge is 2.75. The quantitative estimate of drug-likeness (QED) is 0.398. The van der Waals surface area contributed by atoms with Crippen LogP contribution in [0, 0.1) is 0 Å². The molecule has 80 valence electrons. The summed E-state index contributed by atoms with van der Waals surface area (Å²) in [7, 11) is -1.09. The molecule has 0 spiro atoms. The van der Waals surface area contributed by atoms with E-state index in [4.69, 9.17) is 0 Å². The Balaban J connectivity index is 2.40. The minimum atomic E-state index is -1.09. The van der Waals surface area contributed by atoms with Crippen LogP contribution in [0.1, 0.15) is 48.0 Å². The molecule has 0 aromatic heterocycles. The van der Waals surface area contributed by atoms with E-state index in [2.05, 4.69) is 53.7 Å². The zero-order valence-corrected chi connectivity index (χ0v) is 11.5. The van der Waals surface area contributed by atoms with Gasteiger partial charge in [0, 0.05) is 0 Å². The number of hydrogen-bond acceptors (Lipinski definition) is 0. The van der Waals surface area contributed by atoms with Gasteiger partial charge in [-0.1, -0.05) is 53.7 Å². The average Bonchev–Trinajstić information content (AvgIpc) is 2.38. The van der Waals surface area contributed by atoms with Crippen molar-refractivity contribution in [1.29, 1.82) is 0 Å². The third kappa shape index (κ3) is 0.996. The molecule has 2 aliphatic rings. The molecule has 0 nitrogen and oxygen atoms in total. The largest absolute Gasteiger partial charge is 0.0885 e. The van der Waals surface area contributed by atoms with Gasteiger partial charge in [-0.3, -0.25) is 0 Å². The van der Waals surface area contributed by atoms with E-state index in [1.807, 2.05) is 0 Å². The van der Waals surface area contributed by atoms with Crippen LogP contribution in [0.5, 0.6) is 0 Å². The third-order valence-corrected chi connectivity index (χ3v) is 12.6. The summed E-state index contributed by atoms with van der Waals surface area (Å²) in [6, 6.07) is 0. The van der Waals surface area contributed by atoms with Crippen LogP contribution in [0.2, 0.25) is 21.2 Å². The predicted molar refractivity (Wildman–Crippen MR) is 66.4 cm³/mol. The van der Waals surface area contributed by atoms with Gasteiger partial charge in [0.15, 0.2) is 0 Å². The molecule has 1 saturated heterocycles. The van der Waals surface area contributed by atoms with E-state index >= 15 is 0 Å². The number of rotatable bonds is 0. The van der Waals surface area contributed by atoms with E-state index < -0.39 is 8.07 Å². The Morgan fingerprint density at radius 3 is 1.71 bits per heavy atom. The molecule has 1 aliphatic heterocycles. The van der Waals surface area contributed by atoms with Crippen LogP contribution in [-0.4, -0.2) is 8.07 Å². The van der Waals surface area contributed by atoms with E-state index in [9.17, 15) is 0 Å². The summed E-state index contributed by atoms with van der Waals surface area (Å²) in [6.07, 6.45) is 6.33. The summed E-state index contributed by atoms with van der Waals surface area (Å²) in [5.41, 5.74) is 2.07. The number of fused-ring (bicyclic) bond motifs is 1. The summed E-state index contributed by atoms with van der Waals surface area (Å²) < 4.78 is 0. The Hall–Kier alpha value is -0.0431. The molecule has 2 unspecified atom stereocenters. The topological polar surface area (TPSA) is 0 Å². The van der Waals surface area contributed by atoms with E-state index in [0.29, 0.717) is 10.1 Å². The van der Waals surface area contributed by atoms with E-state index in [1.165, 1.54) is 6.42 Å². The fourth-order valence-electron chi connectivity index (χ4n) is 4.72. The maximum Gasteiger partial charge on any atom is 0.0749 e. The van der Waals surface area contributed by atoms with Crippen molar-refractivity contribution in [1.82, 2.24) is 0 Å². The van der Waals surface area contributed by atoms with E-state index in [0.717, 1.165) is 11.1 Å². The molecule has 0 N–H and O–H groups in total. The highest BCUT2D eigenvalue weighted by atomic mass is 28.3. The highest BCUT2D eigenvalue weighted by Crippen LogP contribution is 2.81. The van der Waals surface area contributed by atoms with Gasteiger partial charge in [0.25, 0.3) is 0 Å². The lowest BCUT2D eigenvalue weighted by atomic mass is 10.2. The van der Waals surface area contributed by atoms with Crippen molar-refractivity contribution >= 4 is 8.07 Å². The molecule has 0 radical (unpaired) electrons. The lowest BCUT2D eigenvalue weighted by Gasteiger charge is -2.42. The molecule has 2 rings (SSSR count). The van der Waals surface area contributed by atoms with Crippen molar-refractivity contribution in [2.45, 2.75) is 69.1 Å². The van der Waals surface area contributed by atoms with Gasteiger partial charge in [0.2, 0.25) is 0 Å². The van der Waals surface area contributed by atoms with Crippen LogP contribution in [0.3, 0.4) is 0 Å². The third-order valence-electron chi connectivity index (χ3n) is 4.65. The van der Waals surface area contributed by atoms with Crippen molar-refractivity contribution in [3.05, 3.63) is 12.2 Å². The molecule has 1 fully saturated rings. The second-order valence-electron chi connectivity index (χ2n) is 7.17. The average molecular weight is 208 g/mol. The second-order valence-corrected chi connectivity index (χ2v) is 13.3. The molecular formula is C13H24Si. The maximum absolute atomic E-state index is 2.54. The Morgan fingerprint density at radius 1 is 1.00 bits per heavy atom. The van der Waals surface area contributed by atoms with Gasteiger partial charge in [-0.2, -0.15) is 0 Å². The van der Waals surface area contributed by atoms with Gasteiger partial charge in [0.1, 0.15) is 0 Å². The van der Waals surface area contributed by atoms with Crippen LogP contribution in [0.25, 0.3) is 0 Å². The summed E-state index contributed by atoms with van der Waals surface area (Å²) in [5.74, 6) is 0. The monoisotopic (exact) mass is 208 g/mol. The Morgan fingerprint density at radius 2 is 1.50 bits per heavy atom. The van der Waals surface area contributed by atoms with Crippen molar-refractivity contribution in [3.63, 3.8) is 0 Å². The highest BCUT2D eigenvalue weighted by molar-refractivity contribution is 6.98. The van der Waals surface area contributed by atoms with E-state index in [-0.39, 0.29) is 0 Å². The molecule has 2 atom stereocenters. The second kappa shape index (κ2) is 2.55. The molecule has 14 heavy (non-hydrogen) atoms. The van der Waals surface area contributed by atoms with Crippen LogP contribution in [0.4, 0.5) is 0 Å². The first-order chi connectivity index (χ1) is 6.23. The minimum absolute atomic E-state index is 0.575. The maximum atomic E-state index is 2.54. The molecule has 0 aromatic carbocycles. The predicted octanol–water partition coefficient (Wildman–Crippen LogP) is 4.75. The first kappa shape index (κ1) is 10.5. The smallest absolute Gasteiger partial charge is 0.0749 e. The Bertz CT molecular complexity index is 261. The molecular weight excluding hydrogens is 184 g/mol. The zero-order chi connectivity index (χ0) is 10.8. The minimum Gasteiger partial charge on any atom is -0.0885 e. The standard InChI is InChI=1S/C13H24Si/c1-12(2,3)14(13(4,5)6)10-8-7-9-11(10)14/h7-8,10-11H,9H2,1-6H3. The zero-order valence-electron chi connectivity index (χ0n) is 10.5. The van der Waals surface area contributed by atoms with Gasteiger partial charge in [-0.05, 0) is 27.6 Å². The van der Waals surface area contributed by atoms with Gasteiger partial charge in [0.05, 0.1) is 8.07 Å². The van der Waals surface area contributed by atoms with Crippen molar-refractivity contribution < 1.29 is 0 Å². The van der Waals surface area contributed by atoms with Crippen LogP contribution < -0.4 is 0 Å². The molecule has 0 bridgehead atoms. The van der Waals surface area contributed by atoms with Gasteiger partial charge in [-0.25, -0.2) is 0 Å².